The van der Waals surface area contributed by atoms with Crippen molar-refractivity contribution in [3.8, 4) is 0 Å². The molecule has 1 atom stereocenters. The summed E-state index contributed by atoms with van der Waals surface area (Å²) in [5.74, 6) is 2.09. The topological polar surface area (TPSA) is 47.1 Å². The van der Waals surface area contributed by atoms with Crippen molar-refractivity contribution in [3.63, 3.8) is 0 Å². The maximum Gasteiger partial charge on any atom is 0.169 e. The van der Waals surface area contributed by atoms with Crippen molar-refractivity contribution in [1.82, 2.24) is 19.7 Å². The maximum atomic E-state index is 5.66. The zero-order valence-corrected chi connectivity index (χ0v) is 13.9. The second kappa shape index (κ2) is 6.75. The molecule has 6 heteroatoms. The number of aromatic nitrogens is 3. The van der Waals surface area contributed by atoms with E-state index in [0.717, 1.165) is 48.7 Å². The summed E-state index contributed by atoms with van der Waals surface area (Å²) in [6.45, 7) is 5.08. The van der Waals surface area contributed by atoms with Gasteiger partial charge in [0.1, 0.15) is 17.9 Å². The minimum Gasteiger partial charge on any atom is -0.453 e. The molecule has 0 saturated carbocycles. The van der Waals surface area contributed by atoms with Crippen LogP contribution in [0, 0.1) is 0 Å². The van der Waals surface area contributed by atoms with Gasteiger partial charge >= 0.3 is 0 Å². The van der Waals surface area contributed by atoms with Gasteiger partial charge in [-0.15, -0.1) is 10.2 Å². The predicted molar refractivity (Wildman–Crippen MR) is 83.7 cm³/mol. The number of aryl methyl sites for hydroxylation is 1. The lowest BCUT2D eigenvalue weighted by Crippen LogP contribution is -2.34. The highest BCUT2D eigenvalue weighted by atomic mass is 79.9. The van der Waals surface area contributed by atoms with E-state index >= 15 is 0 Å². The second-order valence-electron chi connectivity index (χ2n) is 5.57. The Kier molecular flexibility index (Phi) is 4.75. The highest BCUT2D eigenvalue weighted by Crippen LogP contribution is 2.31. The van der Waals surface area contributed by atoms with Crippen molar-refractivity contribution in [2.24, 2.45) is 0 Å². The quantitative estimate of drug-likeness (QED) is 0.821. The molecular weight excluding hydrogens is 332 g/mol. The van der Waals surface area contributed by atoms with Gasteiger partial charge in [-0.1, -0.05) is 13.3 Å². The van der Waals surface area contributed by atoms with Crippen LogP contribution in [-0.4, -0.2) is 26.2 Å². The van der Waals surface area contributed by atoms with Gasteiger partial charge in [0.25, 0.3) is 0 Å². The van der Waals surface area contributed by atoms with Crippen LogP contribution in [0.15, 0.2) is 27.5 Å². The molecule has 1 aliphatic heterocycles. The molecule has 0 bridgehead atoms. The van der Waals surface area contributed by atoms with Crippen LogP contribution in [0.1, 0.15) is 50.2 Å². The Balaban J connectivity index is 1.79. The molecule has 114 valence electrons. The number of furan rings is 1. The van der Waals surface area contributed by atoms with Crippen molar-refractivity contribution in [2.45, 2.75) is 51.7 Å². The number of nitrogens with zero attached hydrogens (tertiary/aromatic N) is 4. The molecule has 1 saturated heterocycles. The lowest BCUT2D eigenvalue weighted by Gasteiger charge is -2.34. The average Bonchev–Trinajstić information content (AvgIpc) is 3.09. The minimum absolute atomic E-state index is 0.344. The Morgan fingerprint density at radius 3 is 3.05 bits per heavy atom. The summed E-state index contributed by atoms with van der Waals surface area (Å²) >= 11 is 3.37. The summed E-state index contributed by atoms with van der Waals surface area (Å²) < 4.78 is 8.65. The first-order valence-electron chi connectivity index (χ1n) is 7.64. The fourth-order valence-electron chi connectivity index (χ4n) is 3.04. The SMILES string of the molecule is CCCn1cnnc1[C@@H]1CCCCN1Cc1ccc(Br)o1. The van der Waals surface area contributed by atoms with Crippen LogP contribution >= 0.6 is 15.9 Å². The van der Waals surface area contributed by atoms with E-state index < -0.39 is 0 Å². The molecule has 1 aliphatic rings. The molecule has 3 heterocycles. The van der Waals surface area contributed by atoms with Crippen LogP contribution in [-0.2, 0) is 13.1 Å². The van der Waals surface area contributed by atoms with Gasteiger partial charge in [-0.05, 0) is 53.9 Å². The normalized spacial score (nSPS) is 20.0. The smallest absolute Gasteiger partial charge is 0.169 e. The van der Waals surface area contributed by atoms with E-state index in [2.05, 4.69) is 42.5 Å². The van der Waals surface area contributed by atoms with Gasteiger partial charge in [0.2, 0.25) is 0 Å². The summed E-state index contributed by atoms with van der Waals surface area (Å²) in [5, 5.41) is 8.50. The lowest BCUT2D eigenvalue weighted by molar-refractivity contribution is 0.120. The number of piperidine rings is 1. The molecular formula is C15H21BrN4O. The molecule has 1 fully saturated rings. The first kappa shape index (κ1) is 14.8. The second-order valence-corrected chi connectivity index (χ2v) is 6.35. The van der Waals surface area contributed by atoms with Gasteiger partial charge in [0.05, 0.1) is 12.6 Å². The third-order valence-electron chi connectivity index (χ3n) is 4.01. The predicted octanol–water partition coefficient (Wildman–Crippen LogP) is 3.77. The first-order valence-corrected chi connectivity index (χ1v) is 8.43. The van der Waals surface area contributed by atoms with Crippen LogP contribution in [0.4, 0.5) is 0 Å². The molecule has 0 unspecified atom stereocenters. The monoisotopic (exact) mass is 352 g/mol. The van der Waals surface area contributed by atoms with E-state index in [0.29, 0.717) is 6.04 Å². The largest absolute Gasteiger partial charge is 0.453 e. The molecule has 0 spiro atoms. The minimum atomic E-state index is 0.344. The van der Waals surface area contributed by atoms with Crippen LogP contribution in [0.5, 0.6) is 0 Å². The number of hydrogen-bond donors (Lipinski definition) is 0. The molecule has 0 aromatic carbocycles. The van der Waals surface area contributed by atoms with Crippen molar-refractivity contribution in [3.05, 3.63) is 34.7 Å². The van der Waals surface area contributed by atoms with Crippen molar-refractivity contribution in [1.29, 1.82) is 0 Å². The summed E-state index contributed by atoms with van der Waals surface area (Å²) in [7, 11) is 0. The number of halogens is 1. The Hall–Kier alpha value is -1.14. The summed E-state index contributed by atoms with van der Waals surface area (Å²) in [6.07, 6.45) is 6.59. The Morgan fingerprint density at radius 2 is 2.29 bits per heavy atom. The molecule has 2 aromatic heterocycles. The van der Waals surface area contributed by atoms with E-state index in [1.807, 2.05) is 18.5 Å². The molecule has 0 amide bonds. The number of rotatable bonds is 5. The van der Waals surface area contributed by atoms with E-state index in [1.165, 1.54) is 12.8 Å². The molecule has 2 aromatic rings. The fourth-order valence-corrected chi connectivity index (χ4v) is 3.38. The van der Waals surface area contributed by atoms with Crippen LogP contribution < -0.4 is 0 Å². The molecule has 5 nitrogen and oxygen atoms in total. The van der Waals surface area contributed by atoms with Gasteiger partial charge in [-0.25, -0.2) is 0 Å². The van der Waals surface area contributed by atoms with Gasteiger partial charge in [0.15, 0.2) is 4.67 Å². The Labute approximate surface area is 133 Å². The van der Waals surface area contributed by atoms with Gasteiger partial charge in [-0.3, -0.25) is 4.90 Å². The average molecular weight is 353 g/mol. The van der Waals surface area contributed by atoms with E-state index in [1.54, 1.807) is 0 Å². The molecule has 0 aliphatic carbocycles. The standard InChI is InChI=1S/C15H21BrN4O/c1-2-8-20-11-17-18-15(20)13-5-3-4-9-19(13)10-12-6-7-14(16)21-12/h6-7,11,13H,2-5,8-10H2,1H3/t13-/m0/s1. The van der Waals surface area contributed by atoms with Crippen LogP contribution in [0.25, 0.3) is 0 Å². The summed E-state index contributed by atoms with van der Waals surface area (Å²) in [4.78, 5) is 2.46. The van der Waals surface area contributed by atoms with Crippen molar-refractivity contribution in [2.75, 3.05) is 6.54 Å². The zero-order chi connectivity index (χ0) is 14.7. The van der Waals surface area contributed by atoms with Gasteiger partial charge in [0, 0.05) is 6.54 Å². The van der Waals surface area contributed by atoms with E-state index in [4.69, 9.17) is 4.42 Å². The van der Waals surface area contributed by atoms with Crippen LogP contribution in [0.2, 0.25) is 0 Å². The van der Waals surface area contributed by atoms with Gasteiger partial charge in [-0.2, -0.15) is 0 Å². The van der Waals surface area contributed by atoms with Crippen molar-refractivity contribution >= 4 is 15.9 Å². The maximum absolute atomic E-state index is 5.66. The third kappa shape index (κ3) is 3.37. The number of likely N-dealkylation sites (tertiary alicyclic amines) is 1. The number of hydrogen-bond acceptors (Lipinski definition) is 4. The third-order valence-corrected chi connectivity index (χ3v) is 4.44. The molecule has 0 radical (unpaired) electrons. The zero-order valence-electron chi connectivity index (χ0n) is 12.3. The van der Waals surface area contributed by atoms with Crippen molar-refractivity contribution < 1.29 is 4.42 Å². The fraction of sp³-hybridized carbons (Fsp3) is 0.600. The highest BCUT2D eigenvalue weighted by Gasteiger charge is 2.28. The molecule has 21 heavy (non-hydrogen) atoms. The summed E-state index contributed by atoms with van der Waals surface area (Å²) in [5.41, 5.74) is 0. The lowest BCUT2D eigenvalue weighted by atomic mass is 10.0. The van der Waals surface area contributed by atoms with E-state index in [-0.39, 0.29) is 0 Å². The van der Waals surface area contributed by atoms with E-state index in [9.17, 15) is 0 Å². The van der Waals surface area contributed by atoms with Gasteiger partial charge < -0.3 is 8.98 Å². The molecule has 0 N–H and O–H groups in total. The Morgan fingerprint density at radius 1 is 1.38 bits per heavy atom. The first-order chi connectivity index (χ1) is 10.3. The molecule has 3 rings (SSSR count). The highest BCUT2D eigenvalue weighted by molar-refractivity contribution is 9.10. The summed E-state index contributed by atoms with van der Waals surface area (Å²) in [6, 6.07) is 4.33. The Bertz CT molecular complexity index is 580. The van der Waals surface area contributed by atoms with Crippen LogP contribution in [0.3, 0.4) is 0 Å².